The second kappa shape index (κ2) is 5.72. The largest absolute Gasteiger partial charge is 0.360 e. The normalized spacial score (nSPS) is 14.9. The Morgan fingerprint density at radius 2 is 2.09 bits per heavy atom. The van der Waals surface area contributed by atoms with Gasteiger partial charge in [0.2, 0.25) is 0 Å². The van der Waals surface area contributed by atoms with E-state index in [9.17, 15) is 17.6 Å². The lowest BCUT2D eigenvalue weighted by atomic mass is 9.98. The lowest BCUT2D eigenvalue weighted by Gasteiger charge is -2.10. The zero-order valence-corrected chi connectivity index (χ0v) is 13.7. The van der Waals surface area contributed by atoms with Gasteiger partial charge >= 0.3 is 0 Å². The molecule has 0 atom stereocenters. The van der Waals surface area contributed by atoms with Crippen LogP contribution in [-0.4, -0.2) is 25.6 Å². The summed E-state index contributed by atoms with van der Waals surface area (Å²) in [6, 6.07) is 2.57. The van der Waals surface area contributed by atoms with Gasteiger partial charge < -0.3 is 4.52 Å². The van der Waals surface area contributed by atoms with Crippen LogP contribution in [0.1, 0.15) is 46.0 Å². The smallest absolute Gasteiger partial charge is 0.198 e. The van der Waals surface area contributed by atoms with Gasteiger partial charge in [-0.15, -0.1) is 0 Å². The van der Waals surface area contributed by atoms with Gasteiger partial charge in [0, 0.05) is 23.3 Å². The number of halogens is 2. The summed E-state index contributed by atoms with van der Waals surface area (Å²) in [5, 5.41) is 3.41. The molecule has 1 saturated carbocycles. The molecule has 1 fully saturated rings. The molecule has 1 aromatic carbocycles. The van der Waals surface area contributed by atoms with Crippen LogP contribution in [0.25, 0.3) is 0 Å². The van der Waals surface area contributed by atoms with Gasteiger partial charge in [-0.3, -0.25) is 4.79 Å². The van der Waals surface area contributed by atoms with E-state index in [1.165, 1.54) is 18.3 Å². The van der Waals surface area contributed by atoms with Gasteiger partial charge in [0.15, 0.2) is 21.4 Å². The summed E-state index contributed by atoms with van der Waals surface area (Å²) in [5.74, 6) is -1.40. The maximum atomic E-state index is 14.3. The van der Waals surface area contributed by atoms with Crippen LogP contribution in [-0.2, 0) is 15.6 Å². The van der Waals surface area contributed by atoms with Crippen molar-refractivity contribution in [2.45, 2.75) is 24.5 Å². The summed E-state index contributed by atoms with van der Waals surface area (Å²) in [6.45, 7) is 0. The van der Waals surface area contributed by atoms with Crippen LogP contribution in [0.2, 0.25) is 5.02 Å². The maximum Gasteiger partial charge on any atom is 0.198 e. The fraction of sp³-hybridized carbons (Fsp3) is 0.333. The number of rotatable bonds is 5. The molecule has 0 amide bonds. The van der Waals surface area contributed by atoms with E-state index in [4.69, 9.17) is 16.1 Å². The molecule has 1 aromatic heterocycles. The molecule has 0 spiro atoms. The SMILES string of the molecule is CS(=O)(=O)Cc1c(C(=O)c2cnoc2C2CC2)ccc(Cl)c1F. The Balaban J connectivity index is 2.10. The van der Waals surface area contributed by atoms with E-state index in [2.05, 4.69) is 5.16 Å². The van der Waals surface area contributed by atoms with Gasteiger partial charge in [-0.05, 0) is 25.0 Å². The standard InChI is InChI=1S/C15H13ClFNO4S/c1-23(20,21)7-11-9(4-5-12(16)13(11)17)14(19)10-6-18-22-15(10)8-2-3-8/h4-6,8H,2-3,7H2,1H3. The van der Waals surface area contributed by atoms with Crippen molar-refractivity contribution < 1.29 is 22.1 Å². The van der Waals surface area contributed by atoms with Crippen LogP contribution in [0, 0.1) is 5.82 Å². The third-order valence-corrected chi connectivity index (χ3v) is 4.74. The Labute approximate surface area is 137 Å². The van der Waals surface area contributed by atoms with Crippen molar-refractivity contribution in [3.05, 3.63) is 51.6 Å². The van der Waals surface area contributed by atoms with Gasteiger partial charge in [0.1, 0.15) is 5.82 Å². The van der Waals surface area contributed by atoms with Gasteiger partial charge in [-0.2, -0.15) is 0 Å². The molecule has 8 heteroatoms. The van der Waals surface area contributed by atoms with E-state index in [-0.39, 0.29) is 27.6 Å². The molecule has 122 valence electrons. The average molecular weight is 358 g/mol. The minimum atomic E-state index is -3.55. The number of aromatic nitrogens is 1. The fourth-order valence-corrected chi connectivity index (χ4v) is 3.40. The van der Waals surface area contributed by atoms with Crippen LogP contribution in [0.15, 0.2) is 22.9 Å². The van der Waals surface area contributed by atoms with Crippen LogP contribution >= 0.6 is 11.6 Å². The molecule has 0 N–H and O–H groups in total. The first kappa shape index (κ1) is 16.1. The third-order valence-electron chi connectivity index (χ3n) is 3.64. The second-order valence-electron chi connectivity index (χ2n) is 5.66. The van der Waals surface area contributed by atoms with Crippen molar-refractivity contribution in [3.8, 4) is 0 Å². The van der Waals surface area contributed by atoms with Crippen molar-refractivity contribution in [2.75, 3.05) is 6.26 Å². The minimum Gasteiger partial charge on any atom is -0.360 e. The Morgan fingerprint density at radius 1 is 1.39 bits per heavy atom. The Kier molecular flexibility index (Phi) is 4.01. The number of carbonyl (C=O) groups is 1. The summed E-state index contributed by atoms with van der Waals surface area (Å²) in [4.78, 5) is 12.7. The average Bonchev–Trinajstić information content (AvgIpc) is 3.19. The van der Waals surface area contributed by atoms with Crippen LogP contribution in [0.3, 0.4) is 0 Å². The third kappa shape index (κ3) is 3.30. The summed E-state index contributed by atoms with van der Waals surface area (Å²) in [7, 11) is -3.55. The highest BCUT2D eigenvalue weighted by Gasteiger charge is 2.33. The number of carbonyl (C=O) groups excluding carboxylic acids is 1. The summed E-state index contributed by atoms with van der Waals surface area (Å²) < 4.78 is 42.5. The topological polar surface area (TPSA) is 77.2 Å². The second-order valence-corrected chi connectivity index (χ2v) is 8.21. The number of hydrogen-bond acceptors (Lipinski definition) is 5. The highest BCUT2D eigenvalue weighted by Crippen LogP contribution is 2.42. The lowest BCUT2D eigenvalue weighted by Crippen LogP contribution is -2.12. The summed E-state index contributed by atoms with van der Waals surface area (Å²) in [6.07, 6.45) is 4.06. The fourth-order valence-electron chi connectivity index (χ4n) is 2.41. The first-order valence-corrected chi connectivity index (χ1v) is 9.35. The molecule has 3 rings (SSSR count). The van der Waals surface area contributed by atoms with Crippen molar-refractivity contribution in [2.24, 2.45) is 0 Å². The monoisotopic (exact) mass is 357 g/mol. The number of hydrogen-bond donors (Lipinski definition) is 0. The van der Waals surface area contributed by atoms with E-state index >= 15 is 0 Å². The molecule has 1 aliphatic rings. The molecule has 0 bridgehead atoms. The van der Waals surface area contributed by atoms with Crippen LogP contribution < -0.4 is 0 Å². The van der Waals surface area contributed by atoms with Crippen molar-refractivity contribution in [1.82, 2.24) is 5.16 Å². The van der Waals surface area contributed by atoms with Gasteiger partial charge in [0.05, 0.1) is 22.5 Å². The zero-order chi connectivity index (χ0) is 16.8. The number of benzene rings is 1. The first-order chi connectivity index (χ1) is 10.8. The minimum absolute atomic E-state index is 0.0394. The lowest BCUT2D eigenvalue weighted by molar-refractivity contribution is 0.103. The molecule has 2 aromatic rings. The maximum absolute atomic E-state index is 14.3. The quantitative estimate of drug-likeness (QED) is 0.768. The van der Waals surface area contributed by atoms with Crippen LogP contribution in [0.5, 0.6) is 0 Å². The van der Waals surface area contributed by atoms with Crippen molar-refractivity contribution in [1.29, 1.82) is 0 Å². The van der Waals surface area contributed by atoms with Gasteiger partial charge in [0.25, 0.3) is 0 Å². The highest BCUT2D eigenvalue weighted by atomic mass is 35.5. The Hall–Kier alpha value is -1.73. The molecular formula is C15H13ClFNO4S. The first-order valence-electron chi connectivity index (χ1n) is 6.92. The Bertz CT molecular complexity index is 887. The van der Waals surface area contributed by atoms with E-state index in [0.717, 1.165) is 19.1 Å². The molecule has 1 aliphatic carbocycles. The molecule has 0 radical (unpaired) electrons. The van der Waals surface area contributed by atoms with E-state index in [1.54, 1.807) is 0 Å². The predicted octanol–water partition coefficient (Wildman–Crippen LogP) is 3.12. The molecule has 0 aliphatic heterocycles. The van der Waals surface area contributed by atoms with Gasteiger partial charge in [-0.1, -0.05) is 16.8 Å². The van der Waals surface area contributed by atoms with Crippen molar-refractivity contribution in [3.63, 3.8) is 0 Å². The summed E-state index contributed by atoms with van der Waals surface area (Å²) >= 11 is 5.72. The number of sulfone groups is 1. The molecule has 1 heterocycles. The van der Waals surface area contributed by atoms with E-state index in [1.807, 2.05) is 0 Å². The number of ketones is 1. The summed E-state index contributed by atoms with van der Waals surface area (Å²) in [5.41, 5.74) is -0.0284. The molecule has 0 unspecified atom stereocenters. The number of nitrogens with zero attached hydrogens (tertiary/aromatic N) is 1. The molecule has 23 heavy (non-hydrogen) atoms. The van der Waals surface area contributed by atoms with Crippen LogP contribution in [0.4, 0.5) is 4.39 Å². The van der Waals surface area contributed by atoms with Gasteiger partial charge in [-0.25, -0.2) is 12.8 Å². The molecule has 0 saturated heterocycles. The molecule has 5 nitrogen and oxygen atoms in total. The predicted molar refractivity (Wildman–Crippen MR) is 81.9 cm³/mol. The highest BCUT2D eigenvalue weighted by molar-refractivity contribution is 7.89. The van der Waals surface area contributed by atoms with E-state index in [0.29, 0.717) is 5.76 Å². The molecular weight excluding hydrogens is 345 g/mol. The zero-order valence-electron chi connectivity index (χ0n) is 12.2. The van der Waals surface area contributed by atoms with E-state index < -0.39 is 27.2 Å². The van der Waals surface area contributed by atoms with Crippen molar-refractivity contribution >= 4 is 27.2 Å². The Morgan fingerprint density at radius 3 is 2.70 bits per heavy atom.